The lowest BCUT2D eigenvalue weighted by atomic mass is 10.1. The Balaban J connectivity index is 2.96. The third-order valence-corrected chi connectivity index (χ3v) is 2.51. The lowest BCUT2D eigenvalue weighted by Crippen LogP contribution is -2.42. The predicted molar refractivity (Wildman–Crippen MR) is 70.4 cm³/mol. The summed E-state index contributed by atoms with van der Waals surface area (Å²) in [7, 11) is 0. The molecule has 0 aliphatic rings. The van der Waals surface area contributed by atoms with Crippen LogP contribution < -0.4 is 5.32 Å². The highest BCUT2D eigenvalue weighted by molar-refractivity contribution is 6.29. The molecule has 1 heterocycles. The van der Waals surface area contributed by atoms with Crippen LogP contribution in [0, 0.1) is 11.3 Å². The van der Waals surface area contributed by atoms with Crippen molar-refractivity contribution in [1.29, 1.82) is 5.26 Å². The predicted octanol–water partition coefficient (Wildman–Crippen LogP) is 2.72. The fourth-order valence-electron chi connectivity index (χ4n) is 1.45. The number of nitrogens with zero attached hydrogens (tertiary/aromatic N) is 2. The number of halogens is 1. The van der Waals surface area contributed by atoms with Gasteiger partial charge in [0.05, 0.1) is 6.07 Å². The Morgan fingerprint density at radius 3 is 2.78 bits per heavy atom. The molecule has 0 radical (unpaired) electrons. The number of rotatable bonds is 4. The lowest BCUT2D eigenvalue weighted by Gasteiger charge is -2.17. The summed E-state index contributed by atoms with van der Waals surface area (Å²) >= 11 is 5.88. The zero-order chi connectivity index (χ0) is 13.8. The van der Waals surface area contributed by atoms with Crippen molar-refractivity contribution < 1.29 is 4.79 Å². The molecule has 1 N–H and O–H groups in total. The third-order valence-electron chi connectivity index (χ3n) is 2.32. The molecule has 0 aromatic carbocycles. The van der Waals surface area contributed by atoms with E-state index in [1.165, 1.54) is 6.07 Å². The first kappa shape index (κ1) is 14.5. The minimum absolute atomic E-state index is 0.292. The highest BCUT2D eigenvalue weighted by atomic mass is 35.5. The van der Waals surface area contributed by atoms with Crippen LogP contribution in [0.1, 0.15) is 43.2 Å². The number of aromatic nitrogens is 1. The Hall–Kier alpha value is -1.60. The van der Waals surface area contributed by atoms with Crippen LogP contribution >= 0.6 is 11.6 Å². The molecule has 96 valence electrons. The van der Waals surface area contributed by atoms with Crippen LogP contribution in [0.3, 0.4) is 0 Å². The first-order valence-corrected chi connectivity index (χ1v) is 6.16. The summed E-state index contributed by atoms with van der Waals surface area (Å²) in [5.74, 6) is -0.316. The maximum Gasteiger partial charge on any atom is 0.252 e. The average molecular weight is 266 g/mol. The van der Waals surface area contributed by atoms with Gasteiger partial charge in [0.25, 0.3) is 5.91 Å². The number of carbonyl (C=O) groups is 1. The van der Waals surface area contributed by atoms with Crippen LogP contribution in [0.15, 0.2) is 12.1 Å². The first-order chi connectivity index (χ1) is 8.38. The van der Waals surface area contributed by atoms with Gasteiger partial charge in [0.1, 0.15) is 10.7 Å². The Morgan fingerprint density at radius 1 is 1.56 bits per heavy atom. The number of carbonyl (C=O) groups excluding carboxylic acids is 1. The van der Waals surface area contributed by atoms with E-state index >= 15 is 0 Å². The molecule has 0 aliphatic carbocycles. The summed E-state index contributed by atoms with van der Waals surface area (Å²) in [4.78, 5) is 16.1. The fourth-order valence-corrected chi connectivity index (χ4v) is 1.68. The Kier molecular flexibility index (Phi) is 4.69. The summed E-state index contributed by atoms with van der Waals surface area (Å²) in [6, 6.07) is 5.23. The highest BCUT2D eigenvalue weighted by Gasteiger charge is 2.20. The second kappa shape index (κ2) is 5.83. The second-order valence-corrected chi connectivity index (χ2v) is 5.00. The number of amides is 1. The first-order valence-electron chi connectivity index (χ1n) is 5.78. The van der Waals surface area contributed by atoms with Crippen molar-refractivity contribution in [3.05, 3.63) is 28.5 Å². The molecule has 0 aliphatic heterocycles. The van der Waals surface area contributed by atoms with Crippen molar-refractivity contribution in [2.24, 2.45) is 0 Å². The maximum absolute atomic E-state index is 12.0. The van der Waals surface area contributed by atoms with Crippen molar-refractivity contribution in [1.82, 2.24) is 10.3 Å². The summed E-state index contributed by atoms with van der Waals surface area (Å²) in [6.07, 6.45) is 1.70. The monoisotopic (exact) mass is 265 g/mol. The van der Waals surface area contributed by atoms with Gasteiger partial charge < -0.3 is 5.32 Å². The molecule has 1 aromatic heterocycles. The van der Waals surface area contributed by atoms with Crippen molar-refractivity contribution in [2.45, 2.75) is 39.2 Å². The van der Waals surface area contributed by atoms with Crippen molar-refractivity contribution in [3.63, 3.8) is 0 Å². The summed E-state index contributed by atoms with van der Waals surface area (Å²) in [5, 5.41) is 11.8. The number of hydrogen-bond acceptors (Lipinski definition) is 3. The largest absolute Gasteiger partial charge is 0.334 e. The smallest absolute Gasteiger partial charge is 0.252 e. The van der Waals surface area contributed by atoms with Gasteiger partial charge in [-0.25, -0.2) is 4.98 Å². The van der Waals surface area contributed by atoms with Gasteiger partial charge in [-0.15, -0.1) is 0 Å². The molecule has 0 bridgehead atoms. The molecule has 4 nitrogen and oxygen atoms in total. The van der Waals surface area contributed by atoms with E-state index in [4.69, 9.17) is 16.9 Å². The average Bonchev–Trinajstić information content (AvgIpc) is 2.28. The van der Waals surface area contributed by atoms with E-state index in [9.17, 15) is 4.79 Å². The quantitative estimate of drug-likeness (QED) is 0.851. The topological polar surface area (TPSA) is 65.8 Å². The Labute approximate surface area is 112 Å². The van der Waals surface area contributed by atoms with Crippen molar-refractivity contribution >= 4 is 17.5 Å². The molecule has 5 heteroatoms. The number of hydrogen-bond donors (Lipinski definition) is 1. The number of nitriles is 1. The zero-order valence-electron chi connectivity index (χ0n) is 10.7. The van der Waals surface area contributed by atoms with Gasteiger partial charge in [0.15, 0.2) is 0 Å². The molecule has 0 atom stereocenters. The summed E-state index contributed by atoms with van der Waals surface area (Å²) < 4.78 is 0. The van der Waals surface area contributed by atoms with Gasteiger partial charge in [-0.2, -0.15) is 5.26 Å². The van der Waals surface area contributed by atoms with Crippen LogP contribution in [0.4, 0.5) is 0 Å². The molecular weight excluding hydrogens is 250 g/mol. The third kappa shape index (κ3) is 4.01. The van der Waals surface area contributed by atoms with E-state index in [1.807, 2.05) is 13.0 Å². The summed E-state index contributed by atoms with van der Waals surface area (Å²) in [5.41, 5.74) is 0.310. The molecule has 1 aromatic rings. The number of pyridine rings is 1. The normalized spacial score (nSPS) is 10.8. The zero-order valence-corrected chi connectivity index (χ0v) is 11.5. The van der Waals surface area contributed by atoms with Crippen molar-refractivity contribution in [2.75, 3.05) is 0 Å². The summed E-state index contributed by atoms with van der Waals surface area (Å²) in [6.45, 7) is 5.31. The van der Waals surface area contributed by atoms with Gasteiger partial charge in [0.2, 0.25) is 0 Å². The van der Waals surface area contributed by atoms with Crippen molar-refractivity contribution in [3.8, 4) is 6.07 Å². The van der Waals surface area contributed by atoms with Gasteiger partial charge >= 0.3 is 0 Å². The van der Waals surface area contributed by atoms with E-state index in [0.29, 0.717) is 10.7 Å². The van der Waals surface area contributed by atoms with Crippen LogP contribution in [0.5, 0.6) is 0 Å². The van der Waals surface area contributed by atoms with E-state index in [0.717, 1.165) is 18.5 Å². The molecular formula is C13H16ClN3O. The van der Waals surface area contributed by atoms with Gasteiger partial charge in [-0.05, 0) is 32.4 Å². The molecule has 18 heavy (non-hydrogen) atoms. The van der Waals surface area contributed by atoms with E-state index in [-0.39, 0.29) is 5.91 Å². The molecule has 0 saturated carbocycles. The van der Waals surface area contributed by atoms with Crippen LogP contribution in [-0.4, -0.2) is 16.4 Å². The standard InChI is InChI=1S/C13H16ClN3O/c1-4-5-10-6-9(7-11(14)16-10)12(18)17-13(2,3)8-15/h6-7H,4-5H2,1-3H3,(H,17,18). The minimum Gasteiger partial charge on any atom is -0.334 e. The van der Waals surface area contributed by atoms with Crippen LogP contribution in [0.25, 0.3) is 0 Å². The Bertz CT molecular complexity index is 491. The van der Waals surface area contributed by atoms with E-state index in [1.54, 1.807) is 19.9 Å². The number of nitrogens with one attached hydrogen (secondary N) is 1. The minimum atomic E-state index is -0.905. The molecule has 0 fully saturated rings. The molecule has 0 spiro atoms. The lowest BCUT2D eigenvalue weighted by molar-refractivity contribution is 0.0929. The Morgan fingerprint density at radius 2 is 2.22 bits per heavy atom. The highest BCUT2D eigenvalue weighted by Crippen LogP contribution is 2.13. The van der Waals surface area contributed by atoms with Crippen LogP contribution in [0.2, 0.25) is 5.15 Å². The molecule has 1 rings (SSSR count). The van der Waals surface area contributed by atoms with Gasteiger partial charge in [-0.1, -0.05) is 24.9 Å². The van der Waals surface area contributed by atoms with Gasteiger partial charge in [0, 0.05) is 11.3 Å². The molecule has 0 saturated heterocycles. The maximum atomic E-state index is 12.0. The molecule has 1 amide bonds. The van der Waals surface area contributed by atoms with Crippen LogP contribution in [-0.2, 0) is 6.42 Å². The number of aryl methyl sites for hydroxylation is 1. The SMILES string of the molecule is CCCc1cc(C(=O)NC(C)(C)C#N)cc(Cl)n1. The fraction of sp³-hybridized carbons (Fsp3) is 0.462. The molecule has 0 unspecified atom stereocenters. The van der Waals surface area contributed by atoms with Gasteiger partial charge in [-0.3, -0.25) is 4.79 Å². The second-order valence-electron chi connectivity index (χ2n) is 4.61. The van der Waals surface area contributed by atoms with E-state index < -0.39 is 5.54 Å². The van der Waals surface area contributed by atoms with E-state index in [2.05, 4.69) is 10.3 Å².